The van der Waals surface area contributed by atoms with Gasteiger partial charge < -0.3 is 9.88 Å². The number of rotatable bonds is 3. The molecule has 1 fully saturated rings. The second kappa shape index (κ2) is 6.29. The monoisotopic (exact) mass is 342 g/mol. The van der Waals surface area contributed by atoms with Crippen molar-refractivity contribution in [2.45, 2.75) is 6.54 Å². The Bertz CT molecular complexity index is 957. The van der Waals surface area contributed by atoms with Crippen LogP contribution >= 0.6 is 0 Å². The third kappa shape index (κ3) is 3.00. The molecular formula is C17H19FN6O. The van der Waals surface area contributed by atoms with E-state index in [0.717, 1.165) is 26.2 Å². The molecule has 0 saturated carbocycles. The van der Waals surface area contributed by atoms with E-state index in [-0.39, 0.29) is 11.4 Å². The number of hydrogen-bond donors (Lipinski definition) is 1. The Morgan fingerprint density at radius 3 is 2.72 bits per heavy atom. The molecule has 4 rings (SSSR count). The Morgan fingerprint density at radius 1 is 1.20 bits per heavy atom. The maximum atomic E-state index is 13.9. The van der Waals surface area contributed by atoms with Gasteiger partial charge in [-0.25, -0.2) is 9.37 Å². The summed E-state index contributed by atoms with van der Waals surface area (Å²) in [5.41, 5.74) is 1.06. The second-order valence-electron chi connectivity index (χ2n) is 6.23. The van der Waals surface area contributed by atoms with Gasteiger partial charge in [0.25, 0.3) is 5.56 Å². The maximum Gasteiger partial charge on any atom is 0.262 e. The van der Waals surface area contributed by atoms with Crippen LogP contribution in [-0.2, 0) is 13.6 Å². The Morgan fingerprint density at radius 2 is 1.96 bits per heavy atom. The van der Waals surface area contributed by atoms with Gasteiger partial charge in [0, 0.05) is 33.2 Å². The highest BCUT2D eigenvalue weighted by Crippen LogP contribution is 2.20. The van der Waals surface area contributed by atoms with Gasteiger partial charge in [-0.15, -0.1) is 0 Å². The van der Waals surface area contributed by atoms with E-state index < -0.39 is 0 Å². The lowest BCUT2D eigenvalue weighted by molar-refractivity contribution is 0.243. The van der Waals surface area contributed by atoms with Crippen LogP contribution < -0.4 is 10.5 Å². The van der Waals surface area contributed by atoms with Gasteiger partial charge in [0.05, 0.1) is 18.4 Å². The van der Waals surface area contributed by atoms with Crippen molar-refractivity contribution >= 4 is 16.7 Å². The molecule has 0 spiro atoms. The number of aryl methyl sites for hydroxylation is 1. The Kier molecular flexibility index (Phi) is 3.96. The number of fused-ring (bicyclic) bond motifs is 1. The number of H-pyrrole nitrogens is 1. The summed E-state index contributed by atoms with van der Waals surface area (Å²) in [6.45, 7) is 3.59. The summed E-state index contributed by atoms with van der Waals surface area (Å²) >= 11 is 0. The van der Waals surface area contributed by atoms with Gasteiger partial charge in [-0.2, -0.15) is 5.10 Å². The van der Waals surface area contributed by atoms with Crippen LogP contribution in [-0.4, -0.2) is 50.8 Å². The highest BCUT2D eigenvalue weighted by Gasteiger charge is 2.20. The van der Waals surface area contributed by atoms with Gasteiger partial charge in [0.1, 0.15) is 17.0 Å². The van der Waals surface area contributed by atoms with Crippen LogP contribution in [0.3, 0.4) is 0 Å². The van der Waals surface area contributed by atoms with Crippen molar-refractivity contribution in [1.29, 1.82) is 0 Å². The summed E-state index contributed by atoms with van der Waals surface area (Å²) in [5, 5.41) is 4.57. The van der Waals surface area contributed by atoms with Crippen molar-refractivity contribution in [2.24, 2.45) is 7.05 Å². The lowest BCUT2D eigenvalue weighted by atomic mass is 10.2. The number of para-hydroxylation sites is 1. The molecule has 3 aromatic rings. The molecule has 1 saturated heterocycles. The first-order valence-corrected chi connectivity index (χ1v) is 8.24. The van der Waals surface area contributed by atoms with Crippen molar-refractivity contribution in [3.05, 3.63) is 52.5 Å². The molecule has 0 aliphatic carbocycles. The van der Waals surface area contributed by atoms with E-state index >= 15 is 0 Å². The van der Waals surface area contributed by atoms with Crippen molar-refractivity contribution in [1.82, 2.24) is 24.6 Å². The van der Waals surface area contributed by atoms with Crippen LogP contribution in [0.5, 0.6) is 0 Å². The van der Waals surface area contributed by atoms with Crippen molar-refractivity contribution in [3.8, 4) is 0 Å². The minimum Gasteiger partial charge on any atom is -0.367 e. The zero-order valence-corrected chi connectivity index (χ0v) is 13.9. The predicted molar refractivity (Wildman–Crippen MR) is 93.0 cm³/mol. The van der Waals surface area contributed by atoms with Gasteiger partial charge >= 0.3 is 0 Å². The normalized spacial score (nSPS) is 15.8. The minimum absolute atomic E-state index is 0.168. The minimum atomic E-state index is -0.191. The fraction of sp³-hybridized carbons (Fsp3) is 0.353. The SMILES string of the molecule is Cn1ncc2c(=O)[nH]c(CN3CCN(c4ccccc4F)CC3)nc21. The van der Waals surface area contributed by atoms with Crippen molar-refractivity contribution < 1.29 is 4.39 Å². The van der Waals surface area contributed by atoms with E-state index in [1.165, 1.54) is 12.3 Å². The second-order valence-corrected chi connectivity index (χ2v) is 6.23. The molecule has 2 aromatic heterocycles. The fourth-order valence-electron chi connectivity index (χ4n) is 3.22. The van der Waals surface area contributed by atoms with E-state index in [4.69, 9.17) is 0 Å². The van der Waals surface area contributed by atoms with Gasteiger partial charge in [-0.05, 0) is 12.1 Å². The van der Waals surface area contributed by atoms with E-state index in [0.29, 0.717) is 29.1 Å². The fourth-order valence-corrected chi connectivity index (χ4v) is 3.22. The summed E-state index contributed by atoms with van der Waals surface area (Å²) in [7, 11) is 1.77. The lowest BCUT2D eigenvalue weighted by Crippen LogP contribution is -2.46. The van der Waals surface area contributed by atoms with Crippen LogP contribution in [0.4, 0.5) is 10.1 Å². The van der Waals surface area contributed by atoms with Crippen molar-refractivity contribution in [3.63, 3.8) is 0 Å². The number of hydrogen-bond acceptors (Lipinski definition) is 5. The Labute approximate surface area is 143 Å². The third-order valence-corrected chi connectivity index (χ3v) is 4.59. The lowest BCUT2D eigenvalue weighted by Gasteiger charge is -2.35. The summed E-state index contributed by atoms with van der Waals surface area (Å²) in [6.07, 6.45) is 1.53. The molecule has 1 aliphatic rings. The average molecular weight is 342 g/mol. The molecule has 0 bridgehead atoms. The summed E-state index contributed by atoms with van der Waals surface area (Å²) in [6, 6.07) is 6.84. The smallest absolute Gasteiger partial charge is 0.262 e. The van der Waals surface area contributed by atoms with E-state index in [1.807, 2.05) is 11.0 Å². The largest absolute Gasteiger partial charge is 0.367 e. The summed E-state index contributed by atoms with van der Waals surface area (Å²) in [5.74, 6) is 0.434. The standard InChI is InChI=1S/C17H19FN6O/c1-22-16-12(10-19-22)17(25)21-15(20-16)11-23-6-8-24(9-7-23)14-5-3-2-4-13(14)18/h2-5,10H,6-9,11H2,1H3,(H,20,21,25). The van der Waals surface area contributed by atoms with Crippen LogP contribution in [0.2, 0.25) is 0 Å². The maximum absolute atomic E-state index is 13.9. The van der Waals surface area contributed by atoms with Crippen LogP contribution in [0.25, 0.3) is 11.0 Å². The van der Waals surface area contributed by atoms with Crippen molar-refractivity contribution in [2.75, 3.05) is 31.1 Å². The van der Waals surface area contributed by atoms with Gasteiger partial charge in [-0.1, -0.05) is 12.1 Å². The molecule has 25 heavy (non-hydrogen) atoms. The highest BCUT2D eigenvalue weighted by atomic mass is 19.1. The summed E-state index contributed by atoms with van der Waals surface area (Å²) in [4.78, 5) is 23.7. The van der Waals surface area contributed by atoms with E-state index in [1.54, 1.807) is 23.9 Å². The molecule has 7 nitrogen and oxygen atoms in total. The molecule has 0 amide bonds. The highest BCUT2D eigenvalue weighted by molar-refractivity contribution is 5.72. The first-order valence-electron chi connectivity index (χ1n) is 8.24. The van der Waals surface area contributed by atoms with Crippen LogP contribution in [0.15, 0.2) is 35.3 Å². The van der Waals surface area contributed by atoms with Gasteiger partial charge in [0.2, 0.25) is 0 Å². The van der Waals surface area contributed by atoms with E-state index in [9.17, 15) is 9.18 Å². The number of anilines is 1. The molecule has 8 heteroatoms. The average Bonchev–Trinajstić information content (AvgIpc) is 2.98. The number of benzene rings is 1. The zero-order chi connectivity index (χ0) is 17.4. The Balaban J connectivity index is 1.46. The molecule has 3 heterocycles. The van der Waals surface area contributed by atoms with Crippen LogP contribution in [0.1, 0.15) is 5.82 Å². The molecule has 0 radical (unpaired) electrons. The number of nitrogens with zero attached hydrogens (tertiary/aromatic N) is 5. The van der Waals surface area contributed by atoms with Crippen LogP contribution in [0, 0.1) is 5.82 Å². The number of aromatic amines is 1. The molecule has 0 unspecified atom stereocenters. The molecular weight excluding hydrogens is 323 g/mol. The molecule has 1 N–H and O–H groups in total. The number of nitrogens with one attached hydrogen (secondary N) is 1. The first-order chi connectivity index (χ1) is 12.1. The molecule has 130 valence electrons. The topological polar surface area (TPSA) is 70.1 Å². The number of aromatic nitrogens is 4. The molecule has 1 aromatic carbocycles. The molecule has 1 aliphatic heterocycles. The summed E-state index contributed by atoms with van der Waals surface area (Å²) < 4.78 is 15.5. The quantitative estimate of drug-likeness (QED) is 0.772. The number of piperazine rings is 1. The third-order valence-electron chi connectivity index (χ3n) is 4.59. The molecule has 0 atom stereocenters. The van der Waals surface area contributed by atoms with E-state index in [2.05, 4.69) is 20.0 Å². The Hall–Kier alpha value is -2.74. The first kappa shape index (κ1) is 15.8. The number of halogens is 1. The zero-order valence-electron chi connectivity index (χ0n) is 13.9. The van der Waals surface area contributed by atoms with Gasteiger partial charge in [-0.3, -0.25) is 14.4 Å². The van der Waals surface area contributed by atoms with Gasteiger partial charge in [0.15, 0.2) is 5.65 Å². The predicted octanol–water partition coefficient (Wildman–Crippen LogP) is 1.12.